The monoisotopic (exact) mass is 238 g/mol. The van der Waals surface area contributed by atoms with E-state index < -0.39 is 0 Å². The van der Waals surface area contributed by atoms with Gasteiger partial charge in [0.2, 0.25) is 0 Å². The molecule has 12 heavy (non-hydrogen) atoms. The van der Waals surface area contributed by atoms with Gasteiger partial charge in [0.15, 0.2) is 12.6 Å². The predicted molar refractivity (Wildman–Crippen MR) is 49.3 cm³/mol. The molecule has 0 spiro atoms. The fourth-order valence-corrected chi connectivity index (χ4v) is 1.42. The molecule has 72 valence electrons. The first-order valence-corrected chi connectivity index (χ1v) is 5.34. The molecule has 0 saturated carbocycles. The molecule has 0 aromatic rings. The van der Waals surface area contributed by atoms with Crippen LogP contribution in [-0.4, -0.2) is 31.6 Å². The second-order valence-corrected chi connectivity index (χ2v) is 3.51. The maximum absolute atomic E-state index is 5.47. The quantitative estimate of drug-likeness (QED) is 0.701. The van der Waals surface area contributed by atoms with E-state index in [9.17, 15) is 0 Å². The van der Waals surface area contributed by atoms with Crippen molar-refractivity contribution in [2.75, 3.05) is 19.0 Å². The van der Waals surface area contributed by atoms with Crippen LogP contribution in [0.5, 0.6) is 0 Å². The first-order chi connectivity index (χ1) is 5.86. The average Bonchev–Trinajstić information content (AvgIpc) is 2.15. The van der Waals surface area contributed by atoms with Crippen LogP contribution in [0.1, 0.15) is 19.3 Å². The summed E-state index contributed by atoms with van der Waals surface area (Å²) in [5, 5.41) is 0.852. The maximum atomic E-state index is 5.47. The van der Waals surface area contributed by atoms with Gasteiger partial charge in [-0.05, 0) is 19.3 Å². The van der Waals surface area contributed by atoms with E-state index in [1.165, 1.54) is 0 Å². The van der Waals surface area contributed by atoms with E-state index in [0.717, 1.165) is 24.6 Å². The zero-order valence-electron chi connectivity index (χ0n) is 7.29. The van der Waals surface area contributed by atoms with E-state index >= 15 is 0 Å². The van der Waals surface area contributed by atoms with Crippen molar-refractivity contribution in [1.82, 2.24) is 0 Å². The molecular formula is C8H15BrO3. The molecule has 2 unspecified atom stereocenters. The molecule has 1 saturated heterocycles. The summed E-state index contributed by atoms with van der Waals surface area (Å²) in [7, 11) is 1.66. The molecule has 1 heterocycles. The van der Waals surface area contributed by atoms with Crippen LogP contribution in [0, 0.1) is 0 Å². The summed E-state index contributed by atoms with van der Waals surface area (Å²) in [6.07, 6.45) is 2.93. The normalized spacial score (nSPS) is 30.5. The van der Waals surface area contributed by atoms with Gasteiger partial charge in [0.05, 0.1) is 6.61 Å². The number of hydrogen-bond donors (Lipinski definition) is 0. The zero-order valence-corrected chi connectivity index (χ0v) is 8.88. The molecular weight excluding hydrogens is 224 g/mol. The number of rotatable bonds is 4. The van der Waals surface area contributed by atoms with Crippen LogP contribution in [0.2, 0.25) is 0 Å². The van der Waals surface area contributed by atoms with E-state index in [-0.39, 0.29) is 12.6 Å². The Morgan fingerprint density at radius 3 is 2.83 bits per heavy atom. The molecule has 1 aliphatic heterocycles. The van der Waals surface area contributed by atoms with Gasteiger partial charge in [-0.2, -0.15) is 0 Å². The van der Waals surface area contributed by atoms with Crippen molar-refractivity contribution in [3.05, 3.63) is 0 Å². The van der Waals surface area contributed by atoms with Crippen LogP contribution >= 0.6 is 15.9 Å². The molecule has 4 heteroatoms. The maximum Gasteiger partial charge on any atom is 0.160 e. The Morgan fingerprint density at radius 2 is 2.17 bits per heavy atom. The molecule has 3 nitrogen and oxygen atoms in total. The molecule has 0 amide bonds. The number of methoxy groups -OCH3 is 1. The SMILES string of the molecule is COC1CCCC(OCCBr)O1. The van der Waals surface area contributed by atoms with E-state index in [1.54, 1.807) is 7.11 Å². The van der Waals surface area contributed by atoms with Crippen LogP contribution in [0.3, 0.4) is 0 Å². The Kier molecular flexibility index (Phi) is 5.14. The second-order valence-electron chi connectivity index (χ2n) is 2.72. The van der Waals surface area contributed by atoms with Crippen LogP contribution < -0.4 is 0 Å². The molecule has 0 aromatic heterocycles. The summed E-state index contributed by atoms with van der Waals surface area (Å²) in [6.45, 7) is 0.696. The van der Waals surface area contributed by atoms with Gasteiger partial charge in [0, 0.05) is 12.4 Å². The highest BCUT2D eigenvalue weighted by molar-refractivity contribution is 9.09. The standard InChI is InChI=1S/C8H15BrO3/c1-10-7-3-2-4-8(12-7)11-6-5-9/h7-8H,2-6H2,1H3. The summed E-state index contributed by atoms with van der Waals surface area (Å²) >= 11 is 3.30. The fourth-order valence-electron chi connectivity index (χ4n) is 1.23. The minimum absolute atomic E-state index is 0.0683. The highest BCUT2D eigenvalue weighted by Gasteiger charge is 2.21. The lowest BCUT2D eigenvalue weighted by Gasteiger charge is -2.28. The fraction of sp³-hybridized carbons (Fsp3) is 1.00. The van der Waals surface area contributed by atoms with Gasteiger partial charge < -0.3 is 14.2 Å². The van der Waals surface area contributed by atoms with Crippen molar-refractivity contribution in [3.63, 3.8) is 0 Å². The van der Waals surface area contributed by atoms with E-state index in [1.807, 2.05) is 0 Å². The third-order valence-corrected chi connectivity index (χ3v) is 2.15. The minimum atomic E-state index is -0.0703. The Hall–Kier alpha value is 0.360. The van der Waals surface area contributed by atoms with Gasteiger partial charge in [-0.3, -0.25) is 0 Å². The molecule has 1 fully saturated rings. The highest BCUT2D eigenvalue weighted by atomic mass is 79.9. The van der Waals surface area contributed by atoms with Crippen molar-refractivity contribution in [2.24, 2.45) is 0 Å². The Labute approximate surface area is 81.5 Å². The van der Waals surface area contributed by atoms with E-state index in [0.29, 0.717) is 6.61 Å². The zero-order chi connectivity index (χ0) is 8.81. The van der Waals surface area contributed by atoms with Gasteiger partial charge in [0.1, 0.15) is 0 Å². The van der Waals surface area contributed by atoms with Crippen LogP contribution in [0.15, 0.2) is 0 Å². The van der Waals surface area contributed by atoms with E-state index in [4.69, 9.17) is 14.2 Å². The first-order valence-electron chi connectivity index (χ1n) is 4.22. The molecule has 1 rings (SSSR count). The molecule has 0 aromatic carbocycles. The summed E-state index contributed by atoms with van der Waals surface area (Å²) in [5.74, 6) is 0. The molecule has 0 bridgehead atoms. The topological polar surface area (TPSA) is 27.7 Å². The number of ether oxygens (including phenoxy) is 3. The third kappa shape index (κ3) is 3.39. The summed E-state index contributed by atoms with van der Waals surface area (Å²) < 4.78 is 16.0. The van der Waals surface area contributed by atoms with Gasteiger partial charge in [-0.25, -0.2) is 0 Å². The molecule has 0 radical (unpaired) electrons. The number of hydrogen-bond acceptors (Lipinski definition) is 3. The van der Waals surface area contributed by atoms with Crippen molar-refractivity contribution in [2.45, 2.75) is 31.8 Å². The number of halogens is 1. The molecule has 0 aliphatic carbocycles. The lowest BCUT2D eigenvalue weighted by atomic mass is 10.2. The van der Waals surface area contributed by atoms with Gasteiger partial charge in [0.25, 0.3) is 0 Å². The molecule has 1 aliphatic rings. The predicted octanol–water partition coefficient (Wildman–Crippen LogP) is 1.90. The summed E-state index contributed by atoms with van der Waals surface area (Å²) in [4.78, 5) is 0. The van der Waals surface area contributed by atoms with Crippen LogP contribution in [0.4, 0.5) is 0 Å². The summed E-state index contributed by atoms with van der Waals surface area (Å²) in [6, 6.07) is 0. The van der Waals surface area contributed by atoms with Crippen LogP contribution in [-0.2, 0) is 14.2 Å². The first kappa shape index (κ1) is 10.4. The third-order valence-electron chi connectivity index (χ3n) is 1.83. The highest BCUT2D eigenvalue weighted by Crippen LogP contribution is 2.19. The van der Waals surface area contributed by atoms with Gasteiger partial charge in [-0.1, -0.05) is 15.9 Å². The Morgan fingerprint density at radius 1 is 1.42 bits per heavy atom. The smallest absolute Gasteiger partial charge is 0.160 e. The van der Waals surface area contributed by atoms with Crippen molar-refractivity contribution >= 4 is 15.9 Å². The Balaban J connectivity index is 2.16. The lowest BCUT2D eigenvalue weighted by molar-refractivity contribution is -0.257. The van der Waals surface area contributed by atoms with Gasteiger partial charge >= 0.3 is 0 Å². The lowest BCUT2D eigenvalue weighted by Crippen LogP contribution is -2.31. The summed E-state index contributed by atoms with van der Waals surface area (Å²) in [5.41, 5.74) is 0. The molecule has 0 N–H and O–H groups in total. The van der Waals surface area contributed by atoms with Crippen LogP contribution in [0.25, 0.3) is 0 Å². The average molecular weight is 239 g/mol. The largest absolute Gasteiger partial charge is 0.356 e. The van der Waals surface area contributed by atoms with Gasteiger partial charge in [-0.15, -0.1) is 0 Å². The van der Waals surface area contributed by atoms with Crippen molar-refractivity contribution < 1.29 is 14.2 Å². The van der Waals surface area contributed by atoms with Crippen molar-refractivity contribution in [1.29, 1.82) is 0 Å². The van der Waals surface area contributed by atoms with Crippen molar-refractivity contribution in [3.8, 4) is 0 Å². The second kappa shape index (κ2) is 5.91. The molecule has 2 atom stereocenters. The Bertz CT molecular complexity index is 121. The minimum Gasteiger partial charge on any atom is -0.356 e. The van der Waals surface area contributed by atoms with E-state index in [2.05, 4.69) is 15.9 Å². The number of alkyl halides is 1.